The first-order valence-electron chi connectivity index (χ1n) is 19.9. The molecule has 2 fully saturated rings. The van der Waals surface area contributed by atoms with E-state index in [9.17, 15) is 0 Å². The molecule has 0 amide bonds. The Labute approximate surface area is 346 Å². The van der Waals surface area contributed by atoms with Crippen LogP contribution in [0.4, 0.5) is 0 Å². The van der Waals surface area contributed by atoms with Gasteiger partial charge in [-0.2, -0.15) is 11.8 Å². The molecular formula is C48H54O9S. The Balaban J connectivity index is 1.21. The highest BCUT2D eigenvalue weighted by molar-refractivity contribution is 7.98. The van der Waals surface area contributed by atoms with Crippen LogP contribution >= 0.6 is 11.8 Å². The van der Waals surface area contributed by atoms with Gasteiger partial charge in [0.05, 0.1) is 45.7 Å². The highest BCUT2D eigenvalue weighted by Crippen LogP contribution is 2.36. The fourth-order valence-electron chi connectivity index (χ4n) is 7.30. The van der Waals surface area contributed by atoms with Crippen molar-refractivity contribution in [3.8, 4) is 0 Å². The minimum Gasteiger partial charge on any atom is -0.374 e. The van der Waals surface area contributed by atoms with E-state index in [0.717, 1.165) is 27.8 Å². The predicted octanol–water partition coefficient (Wildman–Crippen LogP) is 8.39. The van der Waals surface area contributed by atoms with Gasteiger partial charge >= 0.3 is 0 Å². The van der Waals surface area contributed by atoms with Crippen LogP contribution in [-0.2, 0) is 75.7 Å². The van der Waals surface area contributed by atoms with E-state index in [1.54, 1.807) is 18.9 Å². The third kappa shape index (κ3) is 11.9. The number of thioether (sulfide) groups is 1. The molecule has 0 spiro atoms. The quantitative estimate of drug-likeness (QED) is 0.0722. The van der Waals surface area contributed by atoms with Gasteiger partial charge in [-0.3, -0.25) is 0 Å². The molecule has 0 radical (unpaired) electrons. The molecule has 5 aromatic carbocycles. The summed E-state index contributed by atoms with van der Waals surface area (Å²) in [6.07, 6.45) is -3.62. The zero-order valence-corrected chi connectivity index (χ0v) is 34.0. The summed E-state index contributed by atoms with van der Waals surface area (Å²) in [5.74, 6) is 0.678. The van der Waals surface area contributed by atoms with Gasteiger partial charge in [0.1, 0.15) is 36.6 Å². The molecule has 0 aliphatic carbocycles. The number of benzene rings is 5. The average molecular weight is 807 g/mol. The van der Waals surface area contributed by atoms with Crippen molar-refractivity contribution in [2.24, 2.45) is 0 Å². The van der Waals surface area contributed by atoms with Crippen LogP contribution in [0.15, 0.2) is 152 Å². The largest absolute Gasteiger partial charge is 0.374 e. The molecule has 2 aliphatic rings. The van der Waals surface area contributed by atoms with Crippen LogP contribution in [0, 0.1) is 0 Å². The lowest BCUT2D eigenvalue weighted by molar-refractivity contribution is -0.342. The molecule has 58 heavy (non-hydrogen) atoms. The molecule has 9 nitrogen and oxygen atoms in total. The van der Waals surface area contributed by atoms with Crippen LogP contribution in [0.2, 0.25) is 0 Å². The topological polar surface area (TPSA) is 83.1 Å². The standard InChI is InChI=1S/C48H54O9S/c1-49-47-46(54-32-39-26-16-7-17-27-39)44(52-30-37-22-12-5-13-23-37)43(40(55-47)33-50-28-35-18-8-3-9-19-35)57-48-45(53-31-38-24-14-6-15-25-38)42(41(56-48)34-58-2)51-29-36-20-10-4-11-21-36/h3-27,40-48H,28-34H2,1-2H3/t40-,41-,42+,43-,44+,45-,46+,47+,48-/m1/s1. The average Bonchev–Trinajstić information content (AvgIpc) is 3.60. The van der Waals surface area contributed by atoms with E-state index in [4.69, 9.17) is 42.6 Å². The lowest BCUT2D eigenvalue weighted by Gasteiger charge is -2.46. The number of rotatable bonds is 21. The fourth-order valence-corrected chi connectivity index (χ4v) is 7.90. The van der Waals surface area contributed by atoms with Crippen LogP contribution in [0.25, 0.3) is 0 Å². The zero-order valence-electron chi connectivity index (χ0n) is 33.2. The van der Waals surface area contributed by atoms with Crippen molar-refractivity contribution in [3.63, 3.8) is 0 Å². The summed E-state index contributed by atoms with van der Waals surface area (Å²) in [4.78, 5) is 0. The van der Waals surface area contributed by atoms with Crippen LogP contribution < -0.4 is 0 Å². The maximum atomic E-state index is 7.20. The maximum Gasteiger partial charge on any atom is 0.187 e. The van der Waals surface area contributed by atoms with Crippen LogP contribution in [0.5, 0.6) is 0 Å². The van der Waals surface area contributed by atoms with Crippen molar-refractivity contribution in [2.45, 2.75) is 88.3 Å². The Morgan fingerprint density at radius 1 is 0.431 bits per heavy atom. The molecule has 9 atom stereocenters. The smallest absolute Gasteiger partial charge is 0.187 e. The highest BCUT2D eigenvalue weighted by Gasteiger charge is 2.54. The van der Waals surface area contributed by atoms with E-state index < -0.39 is 49.2 Å². The summed E-state index contributed by atoms with van der Waals surface area (Å²) in [5, 5.41) is 0. The van der Waals surface area contributed by atoms with Gasteiger partial charge in [0, 0.05) is 12.9 Å². The second kappa shape index (κ2) is 22.5. The summed E-state index contributed by atoms with van der Waals surface area (Å²) >= 11 is 1.69. The zero-order chi connectivity index (χ0) is 39.8. The Kier molecular flexibility index (Phi) is 16.3. The van der Waals surface area contributed by atoms with E-state index in [-0.39, 0.29) is 12.7 Å². The molecule has 5 aromatic rings. The molecule has 0 saturated carbocycles. The Bertz CT molecular complexity index is 1860. The summed E-state index contributed by atoms with van der Waals surface area (Å²) in [7, 11) is 1.62. The van der Waals surface area contributed by atoms with Gasteiger partial charge in [0.25, 0.3) is 0 Å². The van der Waals surface area contributed by atoms with Crippen molar-refractivity contribution < 1.29 is 42.6 Å². The first kappa shape index (κ1) is 42.2. The number of methoxy groups -OCH3 is 1. The monoisotopic (exact) mass is 806 g/mol. The first-order valence-corrected chi connectivity index (χ1v) is 21.3. The normalized spacial score (nSPS) is 25.8. The van der Waals surface area contributed by atoms with Gasteiger partial charge in [-0.15, -0.1) is 0 Å². The predicted molar refractivity (Wildman–Crippen MR) is 224 cm³/mol. The second-order valence-electron chi connectivity index (χ2n) is 14.4. The van der Waals surface area contributed by atoms with E-state index in [2.05, 4.69) is 18.4 Å². The van der Waals surface area contributed by atoms with E-state index >= 15 is 0 Å². The second-order valence-corrected chi connectivity index (χ2v) is 15.3. The van der Waals surface area contributed by atoms with E-state index in [1.807, 2.05) is 140 Å². The molecule has 10 heteroatoms. The molecule has 0 bridgehead atoms. The summed E-state index contributed by atoms with van der Waals surface area (Å²) < 4.78 is 60.3. The fraction of sp³-hybridized carbons (Fsp3) is 0.375. The third-order valence-electron chi connectivity index (χ3n) is 10.2. The van der Waals surface area contributed by atoms with Gasteiger partial charge in [-0.25, -0.2) is 0 Å². The minimum absolute atomic E-state index is 0.195. The summed E-state index contributed by atoms with van der Waals surface area (Å²) in [6.45, 7) is 1.95. The van der Waals surface area contributed by atoms with Crippen LogP contribution in [0.3, 0.4) is 0 Å². The minimum atomic E-state index is -0.844. The molecule has 0 aromatic heterocycles. The molecule has 2 aliphatic heterocycles. The molecule has 0 N–H and O–H groups in total. The molecule has 7 rings (SSSR count). The Hall–Kier alpha value is -3.91. The van der Waals surface area contributed by atoms with Gasteiger partial charge < -0.3 is 42.6 Å². The lowest BCUT2D eigenvalue weighted by Crippen LogP contribution is -2.62. The number of hydrogen-bond donors (Lipinski definition) is 0. The molecular weight excluding hydrogens is 753 g/mol. The highest BCUT2D eigenvalue weighted by atomic mass is 32.2. The number of ether oxygens (including phenoxy) is 9. The SMILES string of the molecule is CO[C@H]1O[C@H](COCc2ccccc2)[C@@H](O[C@H]2O[C@H](CSC)[C@H](OCc3ccccc3)[C@H]2OCc2ccccc2)[C@H](OCc2ccccc2)[C@@H]1OCc1ccccc1. The van der Waals surface area contributed by atoms with Gasteiger partial charge in [-0.1, -0.05) is 152 Å². The first-order chi connectivity index (χ1) is 28.7. The van der Waals surface area contributed by atoms with E-state index in [1.165, 1.54) is 0 Å². The van der Waals surface area contributed by atoms with E-state index in [0.29, 0.717) is 38.8 Å². The molecule has 306 valence electrons. The summed E-state index contributed by atoms with van der Waals surface area (Å²) in [5.41, 5.74) is 5.16. The van der Waals surface area contributed by atoms with Gasteiger partial charge in [-0.05, 0) is 34.1 Å². The Morgan fingerprint density at radius 3 is 1.24 bits per heavy atom. The Morgan fingerprint density at radius 2 is 0.810 bits per heavy atom. The van der Waals surface area contributed by atoms with Gasteiger partial charge in [0.15, 0.2) is 12.6 Å². The maximum absolute atomic E-state index is 7.20. The number of hydrogen-bond acceptors (Lipinski definition) is 10. The van der Waals surface area contributed by atoms with Crippen molar-refractivity contribution in [1.29, 1.82) is 0 Å². The molecule has 2 heterocycles. The van der Waals surface area contributed by atoms with Crippen molar-refractivity contribution in [2.75, 3.05) is 25.7 Å². The third-order valence-corrected chi connectivity index (χ3v) is 10.9. The van der Waals surface area contributed by atoms with Crippen molar-refractivity contribution in [1.82, 2.24) is 0 Å². The van der Waals surface area contributed by atoms with Crippen molar-refractivity contribution in [3.05, 3.63) is 179 Å². The lowest BCUT2D eigenvalue weighted by atomic mass is 9.97. The van der Waals surface area contributed by atoms with Crippen LogP contribution in [0.1, 0.15) is 27.8 Å². The molecule has 0 unspecified atom stereocenters. The summed E-state index contributed by atoms with van der Waals surface area (Å²) in [6, 6.07) is 50.4. The van der Waals surface area contributed by atoms with Crippen LogP contribution in [-0.4, -0.2) is 81.0 Å². The van der Waals surface area contributed by atoms with Crippen molar-refractivity contribution >= 4 is 11.8 Å². The van der Waals surface area contributed by atoms with Gasteiger partial charge in [0.2, 0.25) is 0 Å². The molecule has 2 saturated heterocycles.